The molecule has 0 aliphatic rings. The zero-order chi connectivity index (χ0) is 13.0. The molecule has 0 fully saturated rings. The molecule has 1 aromatic carbocycles. The van der Waals surface area contributed by atoms with E-state index in [2.05, 4.69) is 59.2 Å². The topological polar surface area (TPSA) is 29.9 Å². The van der Waals surface area contributed by atoms with E-state index in [1.807, 2.05) is 6.92 Å². The van der Waals surface area contributed by atoms with Gasteiger partial charge in [-0.1, -0.05) is 29.8 Å². The number of nitrogens with one attached hydrogen (secondary N) is 1. The second kappa shape index (κ2) is 5.71. The van der Waals surface area contributed by atoms with Crippen LogP contribution in [0, 0.1) is 13.8 Å². The standard InChI is InChI=1S/C15H21N3/c1-4-18-11-13(3)17-15(18)16-9-8-14-7-5-6-12(2)10-14/h5-7,10-11H,4,8-9H2,1-3H3,(H,16,17). The normalized spacial score (nSPS) is 10.6. The SMILES string of the molecule is CCn1cc(C)nc1NCCc1cccc(C)c1. The number of anilines is 1. The van der Waals surface area contributed by atoms with Gasteiger partial charge in [-0.25, -0.2) is 4.98 Å². The third-order valence-corrected chi connectivity index (χ3v) is 3.02. The summed E-state index contributed by atoms with van der Waals surface area (Å²) < 4.78 is 2.14. The van der Waals surface area contributed by atoms with Crippen molar-refractivity contribution in [3.8, 4) is 0 Å². The summed E-state index contributed by atoms with van der Waals surface area (Å²) in [6, 6.07) is 8.65. The second-order valence-electron chi connectivity index (χ2n) is 4.66. The van der Waals surface area contributed by atoms with Crippen LogP contribution in [-0.4, -0.2) is 16.1 Å². The summed E-state index contributed by atoms with van der Waals surface area (Å²) >= 11 is 0. The number of nitrogens with zero attached hydrogens (tertiary/aromatic N) is 2. The number of aryl methyl sites for hydroxylation is 3. The molecule has 0 radical (unpaired) electrons. The van der Waals surface area contributed by atoms with E-state index in [9.17, 15) is 0 Å². The van der Waals surface area contributed by atoms with Crippen molar-refractivity contribution in [2.75, 3.05) is 11.9 Å². The van der Waals surface area contributed by atoms with E-state index in [1.54, 1.807) is 0 Å². The highest BCUT2D eigenvalue weighted by Gasteiger charge is 2.02. The molecule has 1 aromatic heterocycles. The molecule has 0 saturated heterocycles. The maximum Gasteiger partial charge on any atom is 0.203 e. The predicted octanol–water partition coefficient (Wildman–Crippen LogP) is 3.17. The molecule has 0 atom stereocenters. The van der Waals surface area contributed by atoms with Gasteiger partial charge in [0.15, 0.2) is 0 Å². The Labute approximate surface area is 109 Å². The second-order valence-corrected chi connectivity index (χ2v) is 4.66. The minimum atomic E-state index is 0.917. The summed E-state index contributed by atoms with van der Waals surface area (Å²) in [4.78, 5) is 4.48. The molecular formula is C15H21N3. The van der Waals surface area contributed by atoms with Crippen LogP contribution in [0.5, 0.6) is 0 Å². The quantitative estimate of drug-likeness (QED) is 0.874. The van der Waals surface area contributed by atoms with Crippen LogP contribution in [0.1, 0.15) is 23.7 Å². The molecule has 3 heteroatoms. The van der Waals surface area contributed by atoms with Crippen molar-refractivity contribution in [2.24, 2.45) is 0 Å². The van der Waals surface area contributed by atoms with Crippen molar-refractivity contribution in [1.29, 1.82) is 0 Å². The molecule has 0 saturated carbocycles. The first kappa shape index (κ1) is 12.7. The van der Waals surface area contributed by atoms with Gasteiger partial charge >= 0.3 is 0 Å². The van der Waals surface area contributed by atoms with Crippen molar-refractivity contribution in [3.05, 3.63) is 47.3 Å². The van der Waals surface area contributed by atoms with Gasteiger partial charge in [-0.3, -0.25) is 0 Å². The molecule has 0 unspecified atom stereocenters. The third kappa shape index (κ3) is 3.13. The zero-order valence-corrected chi connectivity index (χ0v) is 11.4. The molecule has 0 aliphatic carbocycles. The molecule has 0 spiro atoms. The fourth-order valence-electron chi connectivity index (χ4n) is 2.12. The van der Waals surface area contributed by atoms with E-state index in [0.717, 1.165) is 31.2 Å². The van der Waals surface area contributed by atoms with Gasteiger partial charge in [-0.05, 0) is 32.8 Å². The molecule has 18 heavy (non-hydrogen) atoms. The summed E-state index contributed by atoms with van der Waals surface area (Å²) in [6.45, 7) is 8.16. The summed E-state index contributed by atoms with van der Waals surface area (Å²) in [5.74, 6) is 0.975. The number of aromatic nitrogens is 2. The summed E-state index contributed by atoms with van der Waals surface area (Å²) in [6.07, 6.45) is 3.10. The number of hydrogen-bond acceptors (Lipinski definition) is 2. The van der Waals surface area contributed by atoms with Gasteiger partial charge in [0.2, 0.25) is 5.95 Å². The Balaban J connectivity index is 1.92. The molecule has 3 nitrogen and oxygen atoms in total. The lowest BCUT2D eigenvalue weighted by atomic mass is 10.1. The lowest BCUT2D eigenvalue weighted by Crippen LogP contribution is -2.10. The first-order chi connectivity index (χ1) is 8.69. The van der Waals surface area contributed by atoms with E-state index < -0.39 is 0 Å². The summed E-state index contributed by atoms with van der Waals surface area (Å²) in [5, 5.41) is 3.40. The molecule has 0 amide bonds. The van der Waals surface area contributed by atoms with Gasteiger partial charge in [-0.15, -0.1) is 0 Å². The first-order valence-electron chi connectivity index (χ1n) is 6.52. The first-order valence-corrected chi connectivity index (χ1v) is 6.52. The Morgan fingerprint density at radius 3 is 2.83 bits per heavy atom. The predicted molar refractivity (Wildman–Crippen MR) is 76.0 cm³/mol. The Kier molecular flexibility index (Phi) is 4.03. The van der Waals surface area contributed by atoms with Gasteiger partial charge in [0.25, 0.3) is 0 Å². The zero-order valence-electron chi connectivity index (χ0n) is 11.4. The van der Waals surface area contributed by atoms with Gasteiger partial charge in [0.1, 0.15) is 0 Å². The Morgan fingerprint density at radius 2 is 2.11 bits per heavy atom. The Bertz CT molecular complexity index is 514. The molecule has 1 N–H and O–H groups in total. The van der Waals surface area contributed by atoms with Crippen LogP contribution in [0.2, 0.25) is 0 Å². The van der Waals surface area contributed by atoms with E-state index in [0.29, 0.717) is 0 Å². The molecular weight excluding hydrogens is 222 g/mol. The van der Waals surface area contributed by atoms with Crippen LogP contribution < -0.4 is 5.32 Å². The minimum absolute atomic E-state index is 0.917. The molecule has 1 heterocycles. The van der Waals surface area contributed by atoms with Gasteiger partial charge in [-0.2, -0.15) is 0 Å². The van der Waals surface area contributed by atoms with Crippen LogP contribution in [0.15, 0.2) is 30.5 Å². The minimum Gasteiger partial charge on any atom is -0.355 e. The monoisotopic (exact) mass is 243 g/mol. The lowest BCUT2D eigenvalue weighted by molar-refractivity contribution is 0.761. The van der Waals surface area contributed by atoms with Crippen LogP contribution in [-0.2, 0) is 13.0 Å². The number of imidazole rings is 1. The fourth-order valence-corrected chi connectivity index (χ4v) is 2.12. The van der Waals surface area contributed by atoms with E-state index in [4.69, 9.17) is 0 Å². The summed E-state index contributed by atoms with van der Waals surface area (Å²) in [7, 11) is 0. The smallest absolute Gasteiger partial charge is 0.203 e. The highest BCUT2D eigenvalue weighted by molar-refractivity contribution is 5.30. The highest BCUT2D eigenvalue weighted by Crippen LogP contribution is 2.09. The van der Waals surface area contributed by atoms with Gasteiger partial charge in [0, 0.05) is 19.3 Å². The number of benzene rings is 1. The Morgan fingerprint density at radius 1 is 1.28 bits per heavy atom. The molecule has 2 rings (SSSR count). The number of rotatable bonds is 5. The van der Waals surface area contributed by atoms with Crippen molar-refractivity contribution >= 4 is 5.95 Å². The average Bonchev–Trinajstić information content (AvgIpc) is 2.70. The van der Waals surface area contributed by atoms with Crippen LogP contribution >= 0.6 is 0 Å². The fraction of sp³-hybridized carbons (Fsp3) is 0.400. The van der Waals surface area contributed by atoms with Crippen LogP contribution in [0.4, 0.5) is 5.95 Å². The molecule has 0 aliphatic heterocycles. The number of hydrogen-bond donors (Lipinski definition) is 1. The average molecular weight is 243 g/mol. The van der Waals surface area contributed by atoms with E-state index in [-0.39, 0.29) is 0 Å². The lowest BCUT2D eigenvalue weighted by Gasteiger charge is -2.08. The maximum absolute atomic E-state index is 4.48. The van der Waals surface area contributed by atoms with Crippen LogP contribution in [0.3, 0.4) is 0 Å². The van der Waals surface area contributed by atoms with Crippen molar-refractivity contribution in [3.63, 3.8) is 0 Å². The van der Waals surface area contributed by atoms with E-state index in [1.165, 1.54) is 11.1 Å². The Hall–Kier alpha value is -1.77. The third-order valence-electron chi connectivity index (χ3n) is 3.02. The molecule has 2 aromatic rings. The summed E-state index contributed by atoms with van der Waals surface area (Å²) in [5.41, 5.74) is 3.75. The van der Waals surface area contributed by atoms with Crippen molar-refractivity contribution < 1.29 is 0 Å². The van der Waals surface area contributed by atoms with Crippen molar-refractivity contribution in [2.45, 2.75) is 33.7 Å². The maximum atomic E-state index is 4.48. The highest BCUT2D eigenvalue weighted by atomic mass is 15.2. The van der Waals surface area contributed by atoms with Crippen LogP contribution in [0.25, 0.3) is 0 Å². The molecule has 96 valence electrons. The molecule has 0 bridgehead atoms. The largest absolute Gasteiger partial charge is 0.355 e. The van der Waals surface area contributed by atoms with Gasteiger partial charge < -0.3 is 9.88 Å². The van der Waals surface area contributed by atoms with E-state index >= 15 is 0 Å². The van der Waals surface area contributed by atoms with Crippen molar-refractivity contribution in [1.82, 2.24) is 9.55 Å². The van der Waals surface area contributed by atoms with Gasteiger partial charge in [0.05, 0.1) is 5.69 Å².